The Bertz CT molecular complexity index is 1480. The van der Waals surface area contributed by atoms with Gasteiger partial charge in [-0.2, -0.15) is 0 Å². The molecule has 0 fully saturated rings. The van der Waals surface area contributed by atoms with Crippen molar-refractivity contribution >= 4 is 57.4 Å². The summed E-state index contributed by atoms with van der Waals surface area (Å²) in [5.74, 6) is -0.726. The summed E-state index contributed by atoms with van der Waals surface area (Å²) in [6, 6.07) is 21.8. The number of rotatable bonds is 8. The molecule has 8 heteroatoms. The number of nitrogens with zero attached hydrogens (tertiary/aromatic N) is 2. The van der Waals surface area contributed by atoms with E-state index in [1.807, 2.05) is 60.7 Å². The molecule has 3 aromatic carbocycles. The topological polar surface area (TPSA) is 105 Å². The lowest BCUT2D eigenvalue weighted by Crippen LogP contribution is -2.07. The fraction of sp³-hybridized carbons (Fsp3) is 0.133. The zero-order chi connectivity index (χ0) is 26.5. The van der Waals surface area contributed by atoms with Gasteiger partial charge in [-0.3, -0.25) is 0 Å². The van der Waals surface area contributed by atoms with Gasteiger partial charge in [0.15, 0.2) is 11.2 Å². The molecule has 0 saturated carbocycles. The zero-order valence-corrected chi connectivity index (χ0v) is 20.8. The fourth-order valence-corrected chi connectivity index (χ4v) is 3.83. The number of hydrogen-bond donors (Lipinski definition) is 0. The van der Waals surface area contributed by atoms with Gasteiger partial charge in [0.25, 0.3) is 0 Å². The minimum Gasteiger partial charge on any atom is -0.462 e. The number of oxazole rings is 2. The molecular formula is C30H24N2O6. The molecule has 5 rings (SSSR count). The molecule has 0 aliphatic rings. The maximum Gasteiger partial charge on any atom is 0.343 e. The molecule has 0 spiro atoms. The quantitative estimate of drug-likeness (QED) is 0.181. The number of fused-ring (bicyclic) bond motifs is 2. The van der Waals surface area contributed by atoms with Crippen LogP contribution in [-0.2, 0) is 19.1 Å². The number of benzene rings is 3. The van der Waals surface area contributed by atoms with E-state index in [0.717, 1.165) is 0 Å². The minimum absolute atomic E-state index is 0.175. The summed E-state index contributed by atoms with van der Waals surface area (Å²) in [6.45, 7) is 3.90. The molecule has 0 aliphatic heterocycles. The lowest BCUT2D eigenvalue weighted by atomic mass is 10.1. The Hall–Kier alpha value is -4.98. The van der Waals surface area contributed by atoms with E-state index in [1.54, 1.807) is 38.1 Å². The lowest BCUT2D eigenvalue weighted by Gasteiger charge is -2.05. The van der Waals surface area contributed by atoms with Gasteiger partial charge in [-0.05, 0) is 61.4 Å². The molecule has 0 unspecified atom stereocenters. The van der Waals surface area contributed by atoms with Crippen molar-refractivity contribution in [3.05, 3.63) is 95.7 Å². The summed E-state index contributed by atoms with van der Waals surface area (Å²) in [5.41, 5.74) is 4.26. The van der Waals surface area contributed by atoms with Crippen LogP contribution in [-0.4, -0.2) is 35.1 Å². The van der Waals surface area contributed by atoms with Crippen LogP contribution in [0.4, 0.5) is 0 Å². The Kier molecular flexibility index (Phi) is 7.13. The van der Waals surface area contributed by atoms with E-state index in [0.29, 0.717) is 33.3 Å². The number of hydrogen-bond acceptors (Lipinski definition) is 8. The molecule has 8 nitrogen and oxygen atoms in total. The Morgan fingerprint density at radius 2 is 1.05 bits per heavy atom. The molecule has 2 aromatic heterocycles. The third-order valence-corrected chi connectivity index (χ3v) is 5.60. The SMILES string of the molecule is CCOC(=O)C(=Cc1ccc(C=C(C(=O)OCC)c2nc3ccccc3o2)cc1)c1nc2ccccc2o1. The number of carbonyl (C=O) groups excluding carboxylic acids is 2. The number of esters is 2. The second kappa shape index (κ2) is 11.0. The summed E-state index contributed by atoms with van der Waals surface area (Å²) in [5, 5.41) is 0. The first kappa shape index (κ1) is 24.7. The maximum absolute atomic E-state index is 12.7. The molecule has 5 aromatic rings. The van der Waals surface area contributed by atoms with E-state index in [9.17, 15) is 9.59 Å². The molecule has 2 heterocycles. The van der Waals surface area contributed by atoms with E-state index in [1.165, 1.54) is 0 Å². The Morgan fingerprint density at radius 1 is 0.658 bits per heavy atom. The van der Waals surface area contributed by atoms with Crippen molar-refractivity contribution in [2.45, 2.75) is 13.8 Å². The van der Waals surface area contributed by atoms with Crippen LogP contribution in [0.3, 0.4) is 0 Å². The summed E-state index contributed by atoms with van der Waals surface area (Å²) in [7, 11) is 0. The monoisotopic (exact) mass is 508 g/mol. The first-order valence-electron chi connectivity index (χ1n) is 12.1. The summed E-state index contributed by atoms with van der Waals surface area (Å²) in [4.78, 5) is 34.4. The van der Waals surface area contributed by atoms with E-state index in [2.05, 4.69) is 9.97 Å². The van der Waals surface area contributed by atoms with E-state index >= 15 is 0 Å². The molecule has 0 N–H and O–H groups in total. The Labute approximate surface area is 218 Å². The van der Waals surface area contributed by atoms with Crippen LogP contribution in [0.25, 0.3) is 45.5 Å². The average Bonchev–Trinajstić information content (AvgIpc) is 3.55. The summed E-state index contributed by atoms with van der Waals surface area (Å²) >= 11 is 0. The summed E-state index contributed by atoms with van der Waals surface area (Å²) < 4.78 is 22.1. The van der Waals surface area contributed by atoms with Gasteiger partial charge in [0.1, 0.15) is 22.2 Å². The highest BCUT2D eigenvalue weighted by molar-refractivity contribution is 6.21. The fourth-order valence-electron chi connectivity index (χ4n) is 3.83. The van der Waals surface area contributed by atoms with Gasteiger partial charge in [0.05, 0.1) is 13.2 Å². The Morgan fingerprint density at radius 3 is 1.42 bits per heavy atom. The number of ether oxygens (including phenoxy) is 2. The average molecular weight is 509 g/mol. The lowest BCUT2D eigenvalue weighted by molar-refractivity contribution is -0.137. The van der Waals surface area contributed by atoms with Gasteiger partial charge >= 0.3 is 11.9 Å². The molecule has 0 radical (unpaired) electrons. The molecule has 0 saturated heterocycles. The normalized spacial score (nSPS) is 12.2. The number of carbonyl (C=O) groups is 2. The van der Waals surface area contributed by atoms with Gasteiger partial charge in [-0.25, -0.2) is 19.6 Å². The molecule has 190 valence electrons. The van der Waals surface area contributed by atoms with Crippen LogP contribution >= 0.6 is 0 Å². The van der Waals surface area contributed by atoms with Gasteiger partial charge in [-0.1, -0.05) is 48.5 Å². The highest BCUT2D eigenvalue weighted by atomic mass is 16.5. The molecule has 0 bridgehead atoms. The number of para-hydroxylation sites is 4. The Balaban J connectivity index is 1.49. The maximum atomic E-state index is 12.7. The third-order valence-electron chi connectivity index (χ3n) is 5.60. The first-order chi connectivity index (χ1) is 18.6. The number of aromatic nitrogens is 2. The van der Waals surface area contributed by atoms with Crippen LogP contribution in [0.1, 0.15) is 36.8 Å². The highest BCUT2D eigenvalue weighted by Gasteiger charge is 2.21. The van der Waals surface area contributed by atoms with Crippen LogP contribution in [0, 0.1) is 0 Å². The van der Waals surface area contributed by atoms with Crippen LogP contribution in [0.15, 0.2) is 81.6 Å². The minimum atomic E-state index is -0.538. The summed E-state index contributed by atoms with van der Waals surface area (Å²) in [6.07, 6.45) is 3.31. The second-order valence-electron chi connectivity index (χ2n) is 8.20. The van der Waals surface area contributed by atoms with Gasteiger partial charge < -0.3 is 18.3 Å². The first-order valence-corrected chi connectivity index (χ1v) is 12.1. The standard InChI is InChI=1S/C30H24N2O6/c1-3-35-29(33)21(27-31-23-9-5-7-11-25(23)37-27)17-19-13-15-20(16-14-19)18-22(30(34)36-4-2)28-32-24-10-6-8-12-26(24)38-28/h5-18H,3-4H2,1-2H3. The van der Waals surface area contributed by atoms with Crippen LogP contribution < -0.4 is 0 Å². The zero-order valence-electron chi connectivity index (χ0n) is 20.8. The van der Waals surface area contributed by atoms with Crippen molar-refractivity contribution in [2.24, 2.45) is 0 Å². The van der Waals surface area contributed by atoms with Crippen molar-refractivity contribution in [1.82, 2.24) is 9.97 Å². The van der Waals surface area contributed by atoms with E-state index < -0.39 is 11.9 Å². The molecular weight excluding hydrogens is 484 g/mol. The second-order valence-corrected chi connectivity index (χ2v) is 8.20. The predicted octanol–water partition coefficient (Wildman–Crippen LogP) is 6.18. The molecule has 0 aliphatic carbocycles. The van der Waals surface area contributed by atoms with Crippen LogP contribution in [0.5, 0.6) is 0 Å². The van der Waals surface area contributed by atoms with Crippen molar-refractivity contribution < 1.29 is 27.9 Å². The van der Waals surface area contributed by atoms with E-state index in [-0.39, 0.29) is 36.1 Å². The van der Waals surface area contributed by atoms with Gasteiger partial charge in [0, 0.05) is 0 Å². The van der Waals surface area contributed by atoms with Gasteiger partial charge in [-0.15, -0.1) is 0 Å². The third kappa shape index (κ3) is 5.24. The van der Waals surface area contributed by atoms with Crippen LogP contribution in [0.2, 0.25) is 0 Å². The van der Waals surface area contributed by atoms with Crippen molar-refractivity contribution in [3.8, 4) is 0 Å². The van der Waals surface area contributed by atoms with Crippen molar-refractivity contribution in [2.75, 3.05) is 13.2 Å². The smallest absolute Gasteiger partial charge is 0.343 e. The highest BCUT2D eigenvalue weighted by Crippen LogP contribution is 2.26. The van der Waals surface area contributed by atoms with Crippen molar-refractivity contribution in [1.29, 1.82) is 0 Å². The van der Waals surface area contributed by atoms with E-state index in [4.69, 9.17) is 18.3 Å². The largest absolute Gasteiger partial charge is 0.462 e. The molecule has 0 atom stereocenters. The molecule has 38 heavy (non-hydrogen) atoms. The van der Waals surface area contributed by atoms with Crippen molar-refractivity contribution in [3.63, 3.8) is 0 Å². The molecule has 0 amide bonds. The predicted molar refractivity (Wildman–Crippen MR) is 143 cm³/mol. The van der Waals surface area contributed by atoms with Gasteiger partial charge in [0.2, 0.25) is 11.8 Å².